The lowest BCUT2D eigenvalue weighted by atomic mass is 9.85. The highest BCUT2D eigenvalue weighted by Gasteiger charge is 2.22. The number of phenolic OH excluding ortho intramolecular Hbond substituents is 1. The van der Waals surface area contributed by atoms with Crippen molar-refractivity contribution in [2.45, 2.75) is 0 Å². The Bertz CT molecular complexity index is 1850. The summed E-state index contributed by atoms with van der Waals surface area (Å²) >= 11 is 0. The molecule has 206 valence electrons. The van der Waals surface area contributed by atoms with Gasteiger partial charge in [-0.05, 0) is 99.6 Å². The van der Waals surface area contributed by atoms with Crippen molar-refractivity contribution in [2.24, 2.45) is 0 Å². The van der Waals surface area contributed by atoms with Crippen molar-refractivity contribution >= 4 is 0 Å². The standard InChI is InChI=1S/C36H21F5O/c37-24-10-4-21(5-11-24)32-18-27(40)16-17-29(32)30-2-1-3-31(36(30)42)35-33(22-6-12-25(38)13-7-22)19-28(41)20-34(35)23-8-14-26(39)15-9-23/h1-20,42H. The van der Waals surface area contributed by atoms with Crippen LogP contribution in [-0.4, -0.2) is 5.11 Å². The van der Waals surface area contributed by atoms with Crippen LogP contribution in [0, 0.1) is 29.1 Å². The topological polar surface area (TPSA) is 20.2 Å². The fraction of sp³-hybridized carbons (Fsp3) is 0. The number of hydrogen-bond acceptors (Lipinski definition) is 1. The van der Waals surface area contributed by atoms with Crippen LogP contribution in [-0.2, 0) is 0 Å². The number of halogens is 5. The van der Waals surface area contributed by atoms with Crippen LogP contribution >= 0.6 is 0 Å². The number of hydrogen-bond donors (Lipinski definition) is 1. The van der Waals surface area contributed by atoms with E-state index < -0.39 is 29.1 Å². The van der Waals surface area contributed by atoms with E-state index in [1.54, 1.807) is 18.2 Å². The van der Waals surface area contributed by atoms with E-state index in [1.165, 1.54) is 103 Å². The first kappa shape index (κ1) is 27.0. The molecule has 0 aromatic heterocycles. The Morgan fingerprint density at radius 3 is 1.24 bits per heavy atom. The van der Waals surface area contributed by atoms with Crippen molar-refractivity contribution in [3.8, 4) is 61.4 Å². The Balaban J connectivity index is 1.63. The third-order valence-electron chi connectivity index (χ3n) is 7.15. The van der Waals surface area contributed by atoms with Gasteiger partial charge in [0, 0.05) is 16.7 Å². The largest absolute Gasteiger partial charge is 0.507 e. The van der Waals surface area contributed by atoms with Gasteiger partial charge in [-0.25, -0.2) is 22.0 Å². The monoisotopic (exact) mass is 564 g/mol. The lowest BCUT2D eigenvalue weighted by molar-refractivity contribution is 0.479. The molecule has 0 unspecified atom stereocenters. The number of rotatable bonds is 5. The highest BCUT2D eigenvalue weighted by atomic mass is 19.1. The van der Waals surface area contributed by atoms with E-state index in [-0.39, 0.29) is 5.75 Å². The molecule has 0 aliphatic carbocycles. The van der Waals surface area contributed by atoms with Crippen molar-refractivity contribution < 1.29 is 27.1 Å². The summed E-state index contributed by atoms with van der Waals surface area (Å²) in [4.78, 5) is 0. The highest BCUT2D eigenvalue weighted by Crippen LogP contribution is 2.48. The molecule has 0 fully saturated rings. The van der Waals surface area contributed by atoms with Crippen molar-refractivity contribution in [3.05, 3.63) is 150 Å². The molecular weight excluding hydrogens is 543 g/mol. The van der Waals surface area contributed by atoms with Crippen LogP contribution in [0.15, 0.2) is 121 Å². The van der Waals surface area contributed by atoms with Crippen molar-refractivity contribution in [2.75, 3.05) is 0 Å². The smallest absolute Gasteiger partial charge is 0.131 e. The fourth-order valence-electron chi connectivity index (χ4n) is 5.19. The molecule has 0 aliphatic heterocycles. The van der Waals surface area contributed by atoms with Gasteiger partial charge in [0.1, 0.15) is 34.8 Å². The Hall–Kier alpha value is -5.23. The second-order valence-electron chi connectivity index (χ2n) is 9.79. The summed E-state index contributed by atoms with van der Waals surface area (Å²) in [6.07, 6.45) is 0. The van der Waals surface area contributed by atoms with Gasteiger partial charge in [-0.15, -0.1) is 0 Å². The fourth-order valence-corrected chi connectivity index (χ4v) is 5.19. The first-order valence-corrected chi connectivity index (χ1v) is 13.0. The van der Waals surface area contributed by atoms with Gasteiger partial charge in [0.05, 0.1) is 0 Å². The predicted molar refractivity (Wildman–Crippen MR) is 155 cm³/mol. The number of phenols is 1. The Morgan fingerprint density at radius 1 is 0.333 bits per heavy atom. The van der Waals surface area contributed by atoms with Gasteiger partial charge in [-0.3, -0.25) is 0 Å². The molecule has 0 radical (unpaired) electrons. The molecule has 42 heavy (non-hydrogen) atoms. The maximum absolute atomic E-state index is 15.1. The summed E-state index contributed by atoms with van der Waals surface area (Å²) < 4.78 is 70.9. The SMILES string of the molecule is Oc1c(-c2ccc(F)cc2-c2ccc(F)cc2)cccc1-c1c(-c2ccc(F)cc2)cc(F)cc1-c1ccc(F)cc1. The lowest BCUT2D eigenvalue weighted by Crippen LogP contribution is -1.95. The zero-order chi connectivity index (χ0) is 29.4. The molecule has 0 atom stereocenters. The van der Waals surface area contributed by atoms with E-state index in [0.717, 1.165) is 0 Å². The van der Waals surface area contributed by atoms with Crippen LogP contribution in [0.5, 0.6) is 5.75 Å². The summed E-state index contributed by atoms with van der Waals surface area (Å²) in [5.41, 5.74) is 4.29. The third-order valence-corrected chi connectivity index (χ3v) is 7.15. The minimum Gasteiger partial charge on any atom is -0.507 e. The zero-order valence-electron chi connectivity index (χ0n) is 21.9. The lowest BCUT2D eigenvalue weighted by Gasteiger charge is -2.20. The number of aromatic hydroxyl groups is 1. The van der Waals surface area contributed by atoms with Crippen LogP contribution in [0.1, 0.15) is 0 Å². The average Bonchev–Trinajstić information content (AvgIpc) is 2.98. The molecule has 1 nitrogen and oxygen atoms in total. The second-order valence-corrected chi connectivity index (χ2v) is 9.79. The van der Waals surface area contributed by atoms with E-state index in [9.17, 15) is 22.7 Å². The molecule has 0 amide bonds. The van der Waals surface area contributed by atoms with E-state index in [0.29, 0.717) is 55.6 Å². The molecule has 6 aromatic carbocycles. The molecule has 0 saturated heterocycles. The highest BCUT2D eigenvalue weighted by molar-refractivity contribution is 5.99. The van der Waals surface area contributed by atoms with Crippen LogP contribution in [0.4, 0.5) is 22.0 Å². The molecular formula is C36H21F5O. The van der Waals surface area contributed by atoms with E-state index in [2.05, 4.69) is 0 Å². The van der Waals surface area contributed by atoms with Crippen molar-refractivity contribution in [1.82, 2.24) is 0 Å². The number of para-hydroxylation sites is 1. The average molecular weight is 565 g/mol. The van der Waals surface area contributed by atoms with Crippen LogP contribution in [0.2, 0.25) is 0 Å². The van der Waals surface area contributed by atoms with Crippen LogP contribution in [0.3, 0.4) is 0 Å². The molecule has 0 heterocycles. The molecule has 0 spiro atoms. The van der Waals surface area contributed by atoms with E-state index in [1.807, 2.05) is 0 Å². The maximum Gasteiger partial charge on any atom is 0.131 e. The predicted octanol–water partition coefficient (Wildman–Crippen LogP) is 10.4. The van der Waals surface area contributed by atoms with Gasteiger partial charge < -0.3 is 5.11 Å². The van der Waals surface area contributed by atoms with Crippen molar-refractivity contribution in [3.63, 3.8) is 0 Å². The minimum absolute atomic E-state index is 0.175. The summed E-state index contributed by atoms with van der Waals surface area (Å²) in [6, 6.07) is 28.4. The quantitative estimate of drug-likeness (QED) is 0.207. The molecule has 6 rings (SSSR count). The molecule has 0 aliphatic rings. The van der Waals surface area contributed by atoms with Gasteiger partial charge in [0.2, 0.25) is 0 Å². The van der Waals surface area contributed by atoms with Crippen LogP contribution in [0.25, 0.3) is 55.6 Å². The first-order valence-electron chi connectivity index (χ1n) is 13.0. The van der Waals surface area contributed by atoms with Gasteiger partial charge in [-0.1, -0.05) is 60.7 Å². The Kier molecular flexibility index (Phi) is 7.05. The summed E-state index contributed by atoms with van der Waals surface area (Å²) in [5.74, 6) is -2.64. The zero-order valence-corrected chi connectivity index (χ0v) is 21.9. The summed E-state index contributed by atoms with van der Waals surface area (Å²) in [7, 11) is 0. The van der Waals surface area contributed by atoms with Gasteiger partial charge in [0.25, 0.3) is 0 Å². The normalized spacial score (nSPS) is 11.1. The molecule has 6 heteroatoms. The van der Waals surface area contributed by atoms with E-state index >= 15 is 4.39 Å². The molecule has 1 N–H and O–H groups in total. The van der Waals surface area contributed by atoms with Gasteiger partial charge >= 0.3 is 0 Å². The molecule has 6 aromatic rings. The van der Waals surface area contributed by atoms with Crippen molar-refractivity contribution in [1.29, 1.82) is 0 Å². The van der Waals surface area contributed by atoms with Gasteiger partial charge in [-0.2, -0.15) is 0 Å². The summed E-state index contributed by atoms with van der Waals surface area (Å²) in [5, 5.41) is 11.8. The molecule has 0 bridgehead atoms. The summed E-state index contributed by atoms with van der Waals surface area (Å²) in [6.45, 7) is 0. The van der Waals surface area contributed by atoms with Crippen LogP contribution < -0.4 is 0 Å². The number of benzene rings is 6. The van der Waals surface area contributed by atoms with Gasteiger partial charge in [0.15, 0.2) is 0 Å². The minimum atomic E-state index is -0.579. The Morgan fingerprint density at radius 2 is 0.738 bits per heavy atom. The maximum atomic E-state index is 15.1. The van der Waals surface area contributed by atoms with E-state index in [4.69, 9.17) is 0 Å². The molecule has 0 saturated carbocycles. The third kappa shape index (κ3) is 5.15. The Labute approximate surface area is 238 Å². The second kappa shape index (κ2) is 11.0. The first-order chi connectivity index (χ1) is 20.3.